The number of nitrogens with zero attached hydrogens (tertiary/aromatic N) is 1. The normalized spacial score (nSPS) is 10.4. The zero-order valence-electron chi connectivity index (χ0n) is 9.46. The van der Waals surface area contributed by atoms with Gasteiger partial charge in [-0.3, -0.25) is 0 Å². The Hall–Kier alpha value is -2.04. The number of halogens is 3. The third kappa shape index (κ3) is 3.48. The Bertz CT molecular complexity index is 523. The average Bonchev–Trinajstić information content (AvgIpc) is 2.27. The highest BCUT2D eigenvalue weighted by molar-refractivity contribution is 5.33. The standard InChI is InChI=1S/C13H11F3N2/c14-10-6-9(7-11(15)8-10)4-5-17-13-3-1-2-12(16)18-13/h1-3,6-8H,4-5H2,(H,17,18). The number of hydrogen-bond donors (Lipinski definition) is 1. The van der Waals surface area contributed by atoms with Crippen molar-refractivity contribution in [3.8, 4) is 0 Å². The maximum absolute atomic E-state index is 12.9. The SMILES string of the molecule is Fc1cc(F)cc(CCNc2cccc(F)n2)c1. The van der Waals surface area contributed by atoms with Crippen LogP contribution in [-0.2, 0) is 6.42 Å². The monoisotopic (exact) mass is 252 g/mol. The lowest BCUT2D eigenvalue weighted by molar-refractivity contribution is 0.580. The first-order valence-corrected chi connectivity index (χ1v) is 5.45. The topological polar surface area (TPSA) is 24.9 Å². The first-order valence-electron chi connectivity index (χ1n) is 5.45. The van der Waals surface area contributed by atoms with E-state index in [1.54, 1.807) is 6.07 Å². The van der Waals surface area contributed by atoms with E-state index in [1.807, 2.05) is 0 Å². The van der Waals surface area contributed by atoms with Gasteiger partial charge in [0.1, 0.15) is 17.5 Å². The molecular formula is C13H11F3N2. The van der Waals surface area contributed by atoms with Crippen molar-refractivity contribution in [3.63, 3.8) is 0 Å². The summed E-state index contributed by atoms with van der Waals surface area (Å²) < 4.78 is 38.6. The summed E-state index contributed by atoms with van der Waals surface area (Å²) in [5.41, 5.74) is 0.538. The number of anilines is 1. The first kappa shape index (κ1) is 12.4. The lowest BCUT2D eigenvalue weighted by atomic mass is 10.1. The summed E-state index contributed by atoms with van der Waals surface area (Å²) >= 11 is 0. The summed E-state index contributed by atoms with van der Waals surface area (Å²) in [6, 6.07) is 7.76. The lowest BCUT2D eigenvalue weighted by Crippen LogP contribution is -2.07. The zero-order chi connectivity index (χ0) is 13.0. The van der Waals surface area contributed by atoms with Crippen molar-refractivity contribution in [3.05, 3.63) is 59.5 Å². The number of benzene rings is 1. The van der Waals surface area contributed by atoms with E-state index < -0.39 is 17.6 Å². The van der Waals surface area contributed by atoms with E-state index in [0.29, 0.717) is 24.3 Å². The molecule has 0 aliphatic carbocycles. The van der Waals surface area contributed by atoms with Gasteiger partial charge in [0.2, 0.25) is 5.95 Å². The summed E-state index contributed by atoms with van der Waals surface area (Å²) in [6.45, 7) is 0.416. The molecule has 0 spiro atoms. The van der Waals surface area contributed by atoms with Crippen molar-refractivity contribution in [1.82, 2.24) is 4.98 Å². The highest BCUT2D eigenvalue weighted by Gasteiger charge is 2.01. The molecule has 1 aromatic heterocycles. The molecule has 0 amide bonds. The predicted octanol–water partition coefficient (Wildman–Crippen LogP) is 3.15. The van der Waals surface area contributed by atoms with Gasteiger partial charge in [0.15, 0.2) is 0 Å². The Kier molecular flexibility index (Phi) is 3.82. The lowest BCUT2D eigenvalue weighted by Gasteiger charge is -2.05. The van der Waals surface area contributed by atoms with Crippen LogP contribution in [0.1, 0.15) is 5.56 Å². The Balaban J connectivity index is 1.92. The summed E-state index contributed by atoms with van der Waals surface area (Å²) in [6.07, 6.45) is 0.423. The Labute approximate surface area is 102 Å². The smallest absolute Gasteiger partial charge is 0.214 e. The maximum atomic E-state index is 12.9. The molecule has 0 aliphatic heterocycles. The molecule has 18 heavy (non-hydrogen) atoms. The van der Waals surface area contributed by atoms with Crippen LogP contribution in [0.3, 0.4) is 0 Å². The van der Waals surface area contributed by atoms with Crippen LogP contribution in [0.25, 0.3) is 0 Å². The van der Waals surface area contributed by atoms with E-state index >= 15 is 0 Å². The predicted molar refractivity (Wildman–Crippen MR) is 62.7 cm³/mol. The fourth-order valence-corrected chi connectivity index (χ4v) is 1.60. The summed E-state index contributed by atoms with van der Waals surface area (Å²) in [7, 11) is 0. The van der Waals surface area contributed by atoms with Crippen molar-refractivity contribution in [1.29, 1.82) is 0 Å². The number of aromatic nitrogens is 1. The quantitative estimate of drug-likeness (QED) is 0.845. The molecule has 0 saturated carbocycles. The zero-order valence-corrected chi connectivity index (χ0v) is 9.46. The first-order chi connectivity index (χ1) is 8.63. The van der Waals surface area contributed by atoms with E-state index in [2.05, 4.69) is 10.3 Å². The molecule has 1 aromatic carbocycles. The van der Waals surface area contributed by atoms with E-state index in [-0.39, 0.29) is 0 Å². The summed E-state index contributed by atoms with van der Waals surface area (Å²) in [5, 5.41) is 2.88. The van der Waals surface area contributed by atoms with Gasteiger partial charge in [-0.15, -0.1) is 0 Å². The van der Waals surface area contributed by atoms with Crippen LogP contribution in [0, 0.1) is 17.6 Å². The third-order valence-corrected chi connectivity index (χ3v) is 2.36. The molecular weight excluding hydrogens is 241 g/mol. The summed E-state index contributed by atoms with van der Waals surface area (Å²) in [5.74, 6) is -1.38. The maximum Gasteiger partial charge on any atom is 0.214 e. The number of hydrogen-bond acceptors (Lipinski definition) is 2. The van der Waals surface area contributed by atoms with Crippen LogP contribution in [0.15, 0.2) is 36.4 Å². The van der Waals surface area contributed by atoms with E-state index in [0.717, 1.165) is 6.07 Å². The number of pyridine rings is 1. The Morgan fingerprint density at radius 3 is 2.39 bits per heavy atom. The minimum absolute atomic E-state index is 0.395. The molecule has 0 atom stereocenters. The van der Waals surface area contributed by atoms with Gasteiger partial charge in [-0.1, -0.05) is 6.07 Å². The largest absolute Gasteiger partial charge is 0.370 e. The van der Waals surface area contributed by atoms with Crippen LogP contribution in [0.4, 0.5) is 19.0 Å². The van der Waals surface area contributed by atoms with Gasteiger partial charge in [-0.25, -0.2) is 13.8 Å². The second kappa shape index (κ2) is 5.53. The average molecular weight is 252 g/mol. The molecule has 0 aliphatic rings. The minimum atomic E-state index is -0.603. The molecule has 2 aromatic rings. The molecule has 0 fully saturated rings. The van der Waals surface area contributed by atoms with Gasteiger partial charge in [0.05, 0.1) is 0 Å². The highest BCUT2D eigenvalue weighted by atomic mass is 19.1. The van der Waals surface area contributed by atoms with Crippen LogP contribution < -0.4 is 5.32 Å². The minimum Gasteiger partial charge on any atom is -0.370 e. The van der Waals surface area contributed by atoms with Crippen LogP contribution in [-0.4, -0.2) is 11.5 Å². The van der Waals surface area contributed by atoms with Crippen molar-refractivity contribution >= 4 is 5.82 Å². The number of nitrogens with one attached hydrogen (secondary N) is 1. The fourth-order valence-electron chi connectivity index (χ4n) is 1.60. The molecule has 1 N–H and O–H groups in total. The Morgan fingerprint density at radius 1 is 1.00 bits per heavy atom. The van der Waals surface area contributed by atoms with Crippen LogP contribution in [0.2, 0.25) is 0 Å². The molecule has 2 rings (SSSR count). The van der Waals surface area contributed by atoms with E-state index in [9.17, 15) is 13.2 Å². The Morgan fingerprint density at radius 2 is 1.72 bits per heavy atom. The molecule has 2 nitrogen and oxygen atoms in total. The number of rotatable bonds is 4. The van der Waals surface area contributed by atoms with E-state index in [4.69, 9.17) is 0 Å². The molecule has 5 heteroatoms. The molecule has 0 bridgehead atoms. The van der Waals surface area contributed by atoms with Crippen molar-refractivity contribution in [2.75, 3.05) is 11.9 Å². The summed E-state index contributed by atoms with van der Waals surface area (Å²) in [4.78, 5) is 3.61. The van der Waals surface area contributed by atoms with Crippen molar-refractivity contribution in [2.45, 2.75) is 6.42 Å². The van der Waals surface area contributed by atoms with E-state index in [1.165, 1.54) is 24.3 Å². The second-order valence-electron chi connectivity index (χ2n) is 3.80. The van der Waals surface area contributed by atoms with Gasteiger partial charge < -0.3 is 5.32 Å². The third-order valence-electron chi connectivity index (χ3n) is 2.36. The fraction of sp³-hybridized carbons (Fsp3) is 0.154. The van der Waals surface area contributed by atoms with Gasteiger partial charge in [0.25, 0.3) is 0 Å². The van der Waals surface area contributed by atoms with Gasteiger partial charge in [-0.2, -0.15) is 4.39 Å². The van der Waals surface area contributed by atoms with Gasteiger partial charge in [-0.05, 0) is 36.2 Å². The molecule has 94 valence electrons. The van der Waals surface area contributed by atoms with Crippen molar-refractivity contribution in [2.24, 2.45) is 0 Å². The molecule has 1 heterocycles. The second-order valence-corrected chi connectivity index (χ2v) is 3.80. The molecule has 0 unspecified atom stereocenters. The van der Waals surface area contributed by atoms with Gasteiger partial charge >= 0.3 is 0 Å². The van der Waals surface area contributed by atoms with Crippen LogP contribution >= 0.6 is 0 Å². The molecule has 0 saturated heterocycles. The van der Waals surface area contributed by atoms with Gasteiger partial charge in [0, 0.05) is 12.6 Å². The highest BCUT2D eigenvalue weighted by Crippen LogP contribution is 2.09. The van der Waals surface area contributed by atoms with Crippen molar-refractivity contribution < 1.29 is 13.2 Å². The molecule has 0 radical (unpaired) electrons. The van der Waals surface area contributed by atoms with Crippen LogP contribution in [0.5, 0.6) is 0 Å².